The Balaban J connectivity index is 1.47. The second-order valence-electron chi connectivity index (χ2n) is 7.46. The molecule has 0 aliphatic rings. The highest BCUT2D eigenvalue weighted by Crippen LogP contribution is 2.25. The van der Waals surface area contributed by atoms with Gasteiger partial charge in [-0.05, 0) is 55.3 Å². The van der Waals surface area contributed by atoms with Crippen LogP contribution in [0.15, 0.2) is 72.8 Å². The summed E-state index contributed by atoms with van der Waals surface area (Å²) < 4.78 is 14.1. The van der Waals surface area contributed by atoms with E-state index in [4.69, 9.17) is 7.58 Å². The standard InChI is InChI=1S/C14H14O.C11H11NO.Al/c1-10-7-11(2)9-13(8-10)12-3-5-14(15)6-4-12;1-8-6-7-9-4-3-5-10(13)11(9)12(8)2;/h3-9,15H,1-2H3;3-7H,1-2H3;/q;;+2/p-1. The topological polar surface area (TPSA) is 22.3 Å². The predicted octanol–water partition coefficient (Wildman–Crippen LogP) is 5.25. The van der Waals surface area contributed by atoms with Crippen LogP contribution in [0.1, 0.15) is 16.8 Å². The largest absolute Gasteiger partial charge is 0.882 e. The Hall–Kier alpha value is -2.80. The van der Waals surface area contributed by atoms with Gasteiger partial charge in [0.2, 0.25) is 0 Å². The Bertz CT molecular complexity index is 1150. The van der Waals surface area contributed by atoms with E-state index < -0.39 is 15.9 Å². The summed E-state index contributed by atoms with van der Waals surface area (Å²) in [6, 6.07) is 25.2. The van der Waals surface area contributed by atoms with Gasteiger partial charge in [-0.1, -0.05) is 47.5 Å². The summed E-state index contributed by atoms with van der Waals surface area (Å²) in [6.45, 7) is 6.35. The van der Waals surface area contributed by atoms with E-state index in [1.807, 2.05) is 24.3 Å². The zero-order valence-corrected chi connectivity index (χ0v) is 18.4. The first kappa shape index (κ1) is 19.5. The van der Waals surface area contributed by atoms with Crippen LogP contribution in [0.3, 0.4) is 0 Å². The van der Waals surface area contributed by atoms with Crippen LogP contribution in [0.4, 0.5) is 0 Å². The molecule has 0 saturated heterocycles. The van der Waals surface area contributed by atoms with E-state index in [0.29, 0.717) is 0 Å². The highest BCUT2D eigenvalue weighted by Gasteiger charge is 2.16. The van der Waals surface area contributed by atoms with E-state index >= 15 is 0 Å². The first-order valence-electron chi connectivity index (χ1n) is 9.73. The fraction of sp³-hybridized carbons (Fsp3) is 0.160. The molecule has 3 nitrogen and oxygen atoms in total. The van der Waals surface area contributed by atoms with E-state index in [0.717, 1.165) is 22.4 Å². The van der Waals surface area contributed by atoms with Crippen LogP contribution in [0.2, 0.25) is 0 Å². The van der Waals surface area contributed by atoms with Crippen LogP contribution in [0.5, 0.6) is 11.5 Å². The minimum Gasteiger partial charge on any atom is -0.616 e. The second kappa shape index (κ2) is 8.29. The van der Waals surface area contributed by atoms with Gasteiger partial charge in [0.15, 0.2) is 11.4 Å². The summed E-state index contributed by atoms with van der Waals surface area (Å²) in [5, 5.41) is 1.16. The summed E-state index contributed by atoms with van der Waals surface area (Å²) in [5.74, 6) is 1.68. The molecular formula is C25H24AlNO2+. The molecule has 1 heterocycles. The van der Waals surface area contributed by atoms with Crippen molar-refractivity contribution in [3.8, 4) is 22.6 Å². The molecule has 0 amide bonds. The molecule has 4 rings (SSSR count). The number of rotatable bonds is 5. The smallest absolute Gasteiger partial charge is 0.616 e. The van der Waals surface area contributed by atoms with Crippen LogP contribution in [-0.4, -0.2) is 15.9 Å². The van der Waals surface area contributed by atoms with Crippen LogP contribution in [0, 0.1) is 20.8 Å². The van der Waals surface area contributed by atoms with E-state index in [1.165, 1.54) is 27.9 Å². The molecule has 4 aromatic rings. The Morgan fingerprint density at radius 1 is 0.724 bits per heavy atom. The number of fused-ring (bicyclic) bond motifs is 1. The van der Waals surface area contributed by atoms with Crippen molar-refractivity contribution in [3.05, 3.63) is 89.6 Å². The molecule has 4 heteroatoms. The SMILES string of the molecule is Cc1cc(C)cc(-c2ccc([O][Al][O]c3cccc4ccc(C)[n+](C)c34)cc2)c1. The average Bonchev–Trinajstić information content (AvgIpc) is 2.71. The van der Waals surface area contributed by atoms with Gasteiger partial charge in [0.05, 0.1) is 11.1 Å². The van der Waals surface area contributed by atoms with Gasteiger partial charge in [0.25, 0.3) is 5.52 Å². The molecule has 0 fully saturated rings. The highest BCUT2D eigenvalue weighted by atomic mass is 27.2. The maximum Gasteiger partial charge on any atom is 0.882 e. The number of aromatic nitrogens is 1. The quantitative estimate of drug-likeness (QED) is 0.339. The monoisotopic (exact) mass is 397 g/mol. The van der Waals surface area contributed by atoms with E-state index in [-0.39, 0.29) is 0 Å². The third-order valence-electron chi connectivity index (χ3n) is 5.17. The summed E-state index contributed by atoms with van der Waals surface area (Å²) >= 11 is -0.657. The number of para-hydroxylation sites is 1. The number of benzene rings is 3. The highest BCUT2D eigenvalue weighted by molar-refractivity contribution is 6.21. The van der Waals surface area contributed by atoms with Gasteiger partial charge < -0.3 is 7.58 Å². The van der Waals surface area contributed by atoms with Gasteiger partial charge in [-0.15, -0.1) is 0 Å². The zero-order chi connectivity index (χ0) is 20.4. The molecule has 29 heavy (non-hydrogen) atoms. The number of hydrogen-bond donors (Lipinski definition) is 0. The van der Waals surface area contributed by atoms with Gasteiger partial charge in [-0.3, -0.25) is 0 Å². The predicted molar refractivity (Wildman–Crippen MR) is 118 cm³/mol. The Kier molecular flexibility index (Phi) is 5.58. The van der Waals surface area contributed by atoms with Crippen molar-refractivity contribution in [1.82, 2.24) is 0 Å². The second-order valence-corrected chi connectivity index (χ2v) is 8.12. The molecule has 0 N–H and O–H groups in total. The molecular weight excluding hydrogens is 373 g/mol. The van der Waals surface area contributed by atoms with Crippen LogP contribution >= 0.6 is 0 Å². The number of hydrogen-bond acceptors (Lipinski definition) is 2. The molecule has 1 aromatic heterocycles. The molecule has 0 spiro atoms. The summed E-state index contributed by atoms with van der Waals surface area (Å²) in [7, 11) is 2.06. The number of aryl methyl sites for hydroxylation is 4. The maximum atomic E-state index is 6.05. The fourth-order valence-corrected chi connectivity index (χ4v) is 4.24. The Morgan fingerprint density at radius 2 is 1.45 bits per heavy atom. The number of pyridine rings is 1. The van der Waals surface area contributed by atoms with Crippen molar-refractivity contribution < 1.29 is 12.1 Å². The third-order valence-corrected chi connectivity index (χ3v) is 5.89. The minimum absolute atomic E-state index is 0.657. The normalized spacial score (nSPS) is 10.8. The first-order chi connectivity index (χ1) is 14.0. The molecule has 143 valence electrons. The third kappa shape index (κ3) is 4.30. The fourth-order valence-electron chi connectivity index (χ4n) is 3.63. The lowest BCUT2D eigenvalue weighted by molar-refractivity contribution is -0.651. The van der Waals surface area contributed by atoms with Crippen LogP contribution < -0.4 is 12.1 Å². The van der Waals surface area contributed by atoms with Gasteiger partial charge in [-0.25, -0.2) is 0 Å². The van der Waals surface area contributed by atoms with E-state index in [9.17, 15) is 0 Å². The summed E-state index contributed by atoms with van der Waals surface area (Å²) in [6.07, 6.45) is 0. The Morgan fingerprint density at radius 3 is 2.17 bits per heavy atom. The van der Waals surface area contributed by atoms with Gasteiger partial charge >= 0.3 is 15.9 Å². The number of nitrogens with zero attached hydrogens (tertiary/aromatic N) is 1. The minimum atomic E-state index is -0.657. The maximum absolute atomic E-state index is 6.05. The molecule has 0 aliphatic heterocycles. The van der Waals surface area contributed by atoms with E-state index in [1.54, 1.807) is 0 Å². The van der Waals surface area contributed by atoms with Crippen molar-refractivity contribution in [3.63, 3.8) is 0 Å². The molecule has 1 radical (unpaired) electrons. The summed E-state index contributed by atoms with van der Waals surface area (Å²) in [4.78, 5) is 0. The van der Waals surface area contributed by atoms with Crippen molar-refractivity contribution in [2.45, 2.75) is 20.8 Å². The van der Waals surface area contributed by atoms with Gasteiger partial charge in [0.1, 0.15) is 7.05 Å². The molecule has 3 aromatic carbocycles. The zero-order valence-electron chi connectivity index (χ0n) is 17.3. The van der Waals surface area contributed by atoms with Gasteiger partial charge in [-0.2, -0.15) is 4.57 Å². The molecule has 0 saturated carbocycles. The van der Waals surface area contributed by atoms with Crippen molar-refractivity contribution in [2.24, 2.45) is 7.05 Å². The average molecular weight is 397 g/mol. The lowest BCUT2D eigenvalue weighted by Gasteiger charge is -2.11. The first-order valence-corrected chi connectivity index (χ1v) is 10.7. The molecule has 0 unspecified atom stereocenters. The summed E-state index contributed by atoms with van der Waals surface area (Å²) in [5.41, 5.74) is 7.25. The van der Waals surface area contributed by atoms with Crippen LogP contribution in [0.25, 0.3) is 22.0 Å². The Labute approximate surface area is 178 Å². The van der Waals surface area contributed by atoms with Crippen LogP contribution in [-0.2, 0) is 7.05 Å². The van der Waals surface area contributed by atoms with E-state index in [2.05, 4.69) is 80.9 Å². The molecule has 0 aliphatic carbocycles. The molecule has 0 bridgehead atoms. The lowest BCUT2D eigenvalue weighted by Crippen LogP contribution is -2.33. The molecule has 0 atom stereocenters. The van der Waals surface area contributed by atoms with Crippen molar-refractivity contribution in [2.75, 3.05) is 0 Å². The van der Waals surface area contributed by atoms with Crippen molar-refractivity contribution in [1.29, 1.82) is 0 Å². The van der Waals surface area contributed by atoms with Gasteiger partial charge in [0, 0.05) is 13.0 Å². The van der Waals surface area contributed by atoms with Crippen molar-refractivity contribution >= 4 is 26.8 Å². The lowest BCUT2D eigenvalue weighted by atomic mass is 10.0.